The van der Waals surface area contributed by atoms with E-state index in [0.717, 1.165) is 40.0 Å². The van der Waals surface area contributed by atoms with Crippen LogP contribution >= 0.6 is 15.9 Å². The van der Waals surface area contributed by atoms with Crippen LogP contribution in [0.2, 0.25) is 0 Å². The van der Waals surface area contributed by atoms with E-state index in [2.05, 4.69) is 48.5 Å². The van der Waals surface area contributed by atoms with E-state index in [1.165, 1.54) is 0 Å². The number of nitrogens with zero attached hydrogens (tertiary/aromatic N) is 5. The number of aliphatic imine (C=N–C) groups is 1. The number of aromatic nitrogens is 4. The molecule has 1 aromatic carbocycles. The zero-order valence-electron chi connectivity index (χ0n) is 17.1. The molecule has 0 fully saturated rings. The predicted octanol–water partition coefficient (Wildman–Crippen LogP) is 4.56. The molecular formula is C22H24BrN7. The summed E-state index contributed by atoms with van der Waals surface area (Å²) in [5, 5.41) is 16.3. The number of fused-ring (bicyclic) bond motifs is 1. The van der Waals surface area contributed by atoms with Gasteiger partial charge < -0.3 is 10.7 Å². The molecule has 2 heterocycles. The first-order chi connectivity index (χ1) is 14.6. The predicted molar refractivity (Wildman–Crippen MR) is 123 cm³/mol. The van der Waals surface area contributed by atoms with Crippen molar-refractivity contribution in [3.63, 3.8) is 0 Å². The van der Waals surface area contributed by atoms with Gasteiger partial charge in [0, 0.05) is 54.4 Å². The molecule has 1 atom stereocenters. The van der Waals surface area contributed by atoms with Gasteiger partial charge in [0.05, 0.1) is 11.6 Å². The average molecular weight is 466 g/mol. The first kappa shape index (κ1) is 20.4. The normalized spacial score (nSPS) is 16.4. The fraction of sp³-hybridized carbons (Fsp3) is 0.318. The molecule has 3 aromatic rings. The maximum Gasteiger partial charge on any atom is 0.228 e. The Bertz CT molecular complexity index is 1100. The second kappa shape index (κ2) is 8.87. The number of anilines is 2. The monoisotopic (exact) mass is 465 g/mol. The zero-order chi connectivity index (χ0) is 21.1. The van der Waals surface area contributed by atoms with Crippen LogP contribution in [0, 0.1) is 5.41 Å². The maximum absolute atomic E-state index is 8.65. The van der Waals surface area contributed by atoms with Crippen LogP contribution < -0.4 is 5.32 Å². The second-order valence-electron chi connectivity index (χ2n) is 7.27. The zero-order valence-corrected chi connectivity index (χ0v) is 18.6. The van der Waals surface area contributed by atoms with E-state index < -0.39 is 0 Å². The molecule has 4 rings (SSSR count). The fourth-order valence-electron chi connectivity index (χ4n) is 3.75. The number of hydrogen-bond donors (Lipinski definition) is 2. The number of rotatable bonds is 6. The van der Waals surface area contributed by atoms with Gasteiger partial charge in [0.2, 0.25) is 5.95 Å². The highest BCUT2D eigenvalue weighted by molar-refractivity contribution is 9.10. The average Bonchev–Trinajstić information content (AvgIpc) is 3.20. The number of hydrogen-bond acceptors (Lipinski definition) is 6. The fourth-order valence-corrected chi connectivity index (χ4v) is 4.19. The van der Waals surface area contributed by atoms with E-state index in [-0.39, 0.29) is 5.92 Å². The second-order valence-corrected chi connectivity index (χ2v) is 8.18. The van der Waals surface area contributed by atoms with Crippen LogP contribution in [0.4, 0.5) is 11.8 Å². The van der Waals surface area contributed by atoms with Gasteiger partial charge in [0.1, 0.15) is 0 Å². The summed E-state index contributed by atoms with van der Waals surface area (Å²) >= 11 is 3.54. The van der Waals surface area contributed by atoms with Crippen molar-refractivity contribution in [1.29, 1.82) is 5.41 Å². The molecule has 1 unspecified atom stereocenters. The number of aryl methyl sites for hydroxylation is 2. The highest BCUT2D eigenvalue weighted by atomic mass is 79.9. The van der Waals surface area contributed by atoms with E-state index in [0.29, 0.717) is 30.3 Å². The van der Waals surface area contributed by atoms with Gasteiger partial charge in [0.15, 0.2) is 5.82 Å². The Kier molecular flexibility index (Phi) is 6.03. The summed E-state index contributed by atoms with van der Waals surface area (Å²) in [6.07, 6.45) is 5.94. The molecule has 2 N–H and O–H groups in total. The van der Waals surface area contributed by atoms with E-state index in [9.17, 15) is 0 Å². The molecule has 0 saturated heterocycles. The smallest absolute Gasteiger partial charge is 0.228 e. The van der Waals surface area contributed by atoms with E-state index in [1.54, 1.807) is 7.05 Å². The Hall–Kier alpha value is -2.87. The molecule has 154 valence electrons. The Morgan fingerprint density at radius 3 is 2.93 bits per heavy atom. The minimum absolute atomic E-state index is 0.227. The third-order valence-corrected chi connectivity index (χ3v) is 5.78. The number of benzene rings is 1. The van der Waals surface area contributed by atoms with Crippen LogP contribution in [-0.2, 0) is 19.4 Å². The van der Waals surface area contributed by atoms with Gasteiger partial charge in [-0.1, -0.05) is 28.1 Å². The molecular weight excluding hydrogens is 442 g/mol. The topological polar surface area (TPSA) is 91.8 Å². The highest BCUT2D eigenvalue weighted by Gasteiger charge is 2.31. The Labute approximate surface area is 184 Å². The molecule has 0 bridgehead atoms. The molecule has 8 heteroatoms. The third-order valence-electron chi connectivity index (χ3n) is 5.28. The Balaban J connectivity index is 1.65. The molecule has 0 radical (unpaired) electrons. The van der Waals surface area contributed by atoms with Crippen LogP contribution in [0.5, 0.6) is 0 Å². The standard InChI is InChI=1S/C22H24BrN7/c1-3-30-10-9-19(29-30)27-22-26-13-15-7-8-17(24)20(21(15)28-22)18(25-2)12-14-5-4-6-16(23)11-14/h4-6,9-11,13,20,24H,3,7-8,12H2,1-2H3,(H,26,27,28,29). The Morgan fingerprint density at radius 2 is 2.20 bits per heavy atom. The number of halogens is 1. The van der Waals surface area contributed by atoms with Gasteiger partial charge in [-0.3, -0.25) is 9.67 Å². The van der Waals surface area contributed by atoms with Gasteiger partial charge in [-0.05, 0) is 43.0 Å². The molecule has 1 aliphatic carbocycles. The SMILES string of the molecule is CCn1ccc(Nc2ncc3c(n2)C(C(Cc2cccc(Br)c2)=NC)C(=N)CC3)n1. The van der Waals surface area contributed by atoms with Crippen molar-refractivity contribution in [2.75, 3.05) is 12.4 Å². The van der Waals surface area contributed by atoms with Crippen molar-refractivity contribution >= 4 is 39.1 Å². The molecule has 0 spiro atoms. The van der Waals surface area contributed by atoms with E-state index in [4.69, 9.17) is 10.4 Å². The minimum atomic E-state index is -0.227. The summed E-state index contributed by atoms with van der Waals surface area (Å²) < 4.78 is 2.88. The van der Waals surface area contributed by atoms with Crippen LogP contribution in [0.25, 0.3) is 0 Å². The van der Waals surface area contributed by atoms with Gasteiger partial charge in [-0.2, -0.15) is 5.10 Å². The van der Waals surface area contributed by atoms with Crippen molar-refractivity contribution in [3.8, 4) is 0 Å². The molecule has 1 aliphatic rings. The van der Waals surface area contributed by atoms with E-state index >= 15 is 0 Å². The molecule has 0 amide bonds. The van der Waals surface area contributed by atoms with Crippen molar-refractivity contribution in [2.45, 2.75) is 38.6 Å². The first-order valence-corrected chi connectivity index (χ1v) is 10.8. The summed E-state index contributed by atoms with van der Waals surface area (Å²) in [7, 11) is 1.80. The summed E-state index contributed by atoms with van der Waals surface area (Å²) in [5.74, 6) is 0.972. The van der Waals surface area contributed by atoms with Crippen molar-refractivity contribution < 1.29 is 0 Å². The van der Waals surface area contributed by atoms with Crippen LogP contribution in [0.1, 0.15) is 36.1 Å². The van der Waals surface area contributed by atoms with Crippen LogP contribution in [0.3, 0.4) is 0 Å². The molecule has 0 aliphatic heterocycles. The van der Waals surface area contributed by atoms with Gasteiger partial charge in [-0.15, -0.1) is 0 Å². The Morgan fingerprint density at radius 1 is 1.33 bits per heavy atom. The summed E-state index contributed by atoms with van der Waals surface area (Å²) in [4.78, 5) is 13.9. The lowest BCUT2D eigenvalue weighted by Crippen LogP contribution is -2.30. The summed E-state index contributed by atoms with van der Waals surface area (Å²) in [6.45, 7) is 2.84. The van der Waals surface area contributed by atoms with Gasteiger partial charge >= 0.3 is 0 Å². The largest absolute Gasteiger partial charge is 0.309 e. The molecule has 30 heavy (non-hydrogen) atoms. The number of nitrogens with one attached hydrogen (secondary N) is 2. The molecule has 0 saturated carbocycles. The lowest BCUT2D eigenvalue weighted by Gasteiger charge is -2.27. The van der Waals surface area contributed by atoms with Crippen molar-refractivity contribution in [2.24, 2.45) is 4.99 Å². The maximum atomic E-state index is 8.65. The lowest BCUT2D eigenvalue weighted by molar-refractivity contribution is 0.662. The highest BCUT2D eigenvalue weighted by Crippen LogP contribution is 2.31. The summed E-state index contributed by atoms with van der Waals surface area (Å²) in [5.41, 5.74) is 4.70. The minimum Gasteiger partial charge on any atom is -0.309 e. The van der Waals surface area contributed by atoms with Crippen LogP contribution in [0.15, 0.2) is 52.2 Å². The van der Waals surface area contributed by atoms with Crippen molar-refractivity contribution in [1.82, 2.24) is 19.7 Å². The van der Waals surface area contributed by atoms with Gasteiger partial charge in [0.25, 0.3) is 0 Å². The summed E-state index contributed by atoms with van der Waals surface area (Å²) in [6, 6.07) is 10.1. The third kappa shape index (κ3) is 4.33. The van der Waals surface area contributed by atoms with Crippen molar-refractivity contribution in [3.05, 3.63) is 64.0 Å². The van der Waals surface area contributed by atoms with Crippen LogP contribution in [-0.4, -0.2) is 38.2 Å². The molecule has 2 aromatic heterocycles. The lowest BCUT2D eigenvalue weighted by atomic mass is 9.80. The first-order valence-electron chi connectivity index (χ1n) is 10.0. The quantitative estimate of drug-likeness (QED) is 0.521. The van der Waals surface area contributed by atoms with Gasteiger partial charge in [-0.25, -0.2) is 9.97 Å². The van der Waals surface area contributed by atoms with E-state index in [1.807, 2.05) is 42.2 Å². The molecule has 7 nitrogen and oxygen atoms in total.